The monoisotopic (exact) mass is 334 g/mol. The molecular weight excluding hydrogens is 325 g/mol. The topological polar surface area (TPSA) is 55.9 Å². The predicted molar refractivity (Wildman–Crippen MR) is 66.4 cm³/mol. The number of nitrogens with two attached hydrogens (primary N) is 1. The summed E-state index contributed by atoms with van der Waals surface area (Å²) in [5.74, 6) is 2.34. The van der Waals surface area contributed by atoms with Crippen molar-refractivity contribution < 1.29 is 13.2 Å². The summed E-state index contributed by atoms with van der Waals surface area (Å²) in [7, 11) is 1.60. The number of hydrogen-bond acceptors (Lipinski definition) is 3. The highest BCUT2D eigenvalue weighted by Gasteiger charge is 2.26. The predicted octanol–water partition coefficient (Wildman–Crippen LogP) is 2.15. The number of rotatable bonds is 3. The van der Waals surface area contributed by atoms with Gasteiger partial charge in [-0.15, -0.1) is 0 Å². The number of hydrazine groups is 1. The molecule has 0 aliphatic rings. The normalized spacial score (nSPS) is 12.7. The lowest BCUT2D eigenvalue weighted by Crippen LogP contribution is -2.32. The third-order valence-electron chi connectivity index (χ3n) is 2.71. The van der Waals surface area contributed by atoms with Crippen molar-refractivity contribution in [1.82, 2.24) is 15.2 Å². The largest absolute Gasteiger partial charge is 0.271 e. The third-order valence-corrected chi connectivity index (χ3v) is 3.32. The van der Waals surface area contributed by atoms with E-state index < -0.39 is 23.5 Å². The smallest absolute Gasteiger partial charge is 0.134 e. The van der Waals surface area contributed by atoms with Crippen LogP contribution in [-0.2, 0) is 7.05 Å². The van der Waals surface area contributed by atoms with Crippen LogP contribution in [-0.4, -0.2) is 9.78 Å². The lowest BCUT2D eigenvalue weighted by Gasteiger charge is -2.18. The summed E-state index contributed by atoms with van der Waals surface area (Å²) in [4.78, 5) is 0. The van der Waals surface area contributed by atoms with Crippen LogP contribution in [0.15, 0.2) is 22.8 Å². The zero-order chi connectivity index (χ0) is 14.2. The Balaban J connectivity index is 2.61. The molecule has 4 nitrogen and oxygen atoms in total. The second-order valence-corrected chi connectivity index (χ2v) is 4.74. The molecule has 0 saturated carbocycles. The Hall–Kier alpha value is -1.38. The van der Waals surface area contributed by atoms with E-state index in [0.29, 0.717) is 22.3 Å². The standard InChI is InChI=1S/C11H10BrF3N4/c1-19-11(6(12)4-17-19)10(18-16)9-7(14)2-5(13)3-8(9)15/h2-4,10,18H,16H2,1H3. The number of hydrogen-bond donors (Lipinski definition) is 2. The molecule has 8 heteroatoms. The zero-order valence-electron chi connectivity index (χ0n) is 9.79. The minimum atomic E-state index is -1.02. The summed E-state index contributed by atoms with van der Waals surface area (Å²) in [5, 5.41) is 3.94. The Kier molecular flexibility index (Phi) is 3.93. The number of halogens is 4. The fourth-order valence-corrected chi connectivity index (χ4v) is 2.45. The van der Waals surface area contributed by atoms with Crippen LogP contribution < -0.4 is 11.3 Å². The quantitative estimate of drug-likeness (QED) is 0.668. The Morgan fingerprint density at radius 1 is 1.32 bits per heavy atom. The SMILES string of the molecule is Cn1ncc(Br)c1C(NN)c1c(F)cc(F)cc1F. The summed E-state index contributed by atoms with van der Waals surface area (Å²) in [6.45, 7) is 0. The molecule has 0 bridgehead atoms. The van der Waals surface area contributed by atoms with Gasteiger partial charge in [0.05, 0.1) is 22.4 Å². The van der Waals surface area contributed by atoms with Crippen LogP contribution in [0.2, 0.25) is 0 Å². The summed E-state index contributed by atoms with van der Waals surface area (Å²) in [5.41, 5.74) is 2.37. The first kappa shape index (κ1) is 14.0. The summed E-state index contributed by atoms with van der Waals surface area (Å²) < 4.78 is 42.4. The van der Waals surface area contributed by atoms with Crippen molar-refractivity contribution in [2.75, 3.05) is 0 Å². The minimum absolute atomic E-state index is 0.367. The Labute approximate surface area is 115 Å². The number of aromatic nitrogens is 2. The minimum Gasteiger partial charge on any atom is -0.271 e. The summed E-state index contributed by atoms with van der Waals surface area (Å²) in [6, 6.07) is 0.211. The molecule has 1 heterocycles. The highest BCUT2D eigenvalue weighted by molar-refractivity contribution is 9.10. The van der Waals surface area contributed by atoms with Gasteiger partial charge in [-0.2, -0.15) is 5.10 Å². The highest BCUT2D eigenvalue weighted by Crippen LogP contribution is 2.31. The summed E-state index contributed by atoms with van der Waals surface area (Å²) in [6.07, 6.45) is 1.47. The molecular formula is C11H10BrF3N4. The van der Waals surface area contributed by atoms with Gasteiger partial charge in [0.1, 0.15) is 17.5 Å². The molecule has 102 valence electrons. The van der Waals surface area contributed by atoms with Crippen LogP contribution in [0, 0.1) is 17.5 Å². The fourth-order valence-electron chi connectivity index (χ4n) is 1.87. The molecule has 0 amide bonds. The maximum atomic E-state index is 13.8. The lowest BCUT2D eigenvalue weighted by atomic mass is 10.0. The molecule has 0 spiro atoms. The molecule has 1 atom stereocenters. The third kappa shape index (κ3) is 2.51. The van der Waals surface area contributed by atoms with Gasteiger partial charge in [-0.1, -0.05) is 0 Å². The van der Waals surface area contributed by atoms with Gasteiger partial charge < -0.3 is 0 Å². The van der Waals surface area contributed by atoms with E-state index in [4.69, 9.17) is 5.84 Å². The number of nitrogens with one attached hydrogen (secondary N) is 1. The average Bonchev–Trinajstić information content (AvgIpc) is 2.64. The lowest BCUT2D eigenvalue weighted by molar-refractivity contribution is 0.478. The molecule has 1 unspecified atom stereocenters. The van der Waals surface area contributed by atoms with Gasteiger partial charge in [0, 0.05) is 24.7 Å². The summed E-state index contributed by atoms with van der Waals surface area (Å²) >= 11 is 3.22. The Bertz CT molecular complexity index is 571. The van der Waals surface area contributed by atoms with Gasteiger partial charge in [-0.3, -0.25) is 10.5 Å². The van der Waals surface area contributed by atoms with Gasteiger partial charge in [-0.05, 0) is 15.9 Å². The number of nitrogens with zero attached hydrogens (tertiary/aromatic N) is 2. The molecule has 0 radical (unpaired) electrons. The van der Waals surface area contributed by atoms with E-state index in [1.54, 1.807) is 7.05 Å². The van der Waals surface area contributed by atoms with Gasteiger partial charge in [-0.25, -0.2) is 18.6 Å². The van der Waals surface area contributed by atoms with Crippen molar-refractivity contribution >= 4 is 15.9 Å². The van der Waals surface area contributed by atoms with Gasteiger partial charge in [0.2, 0.25) is 0 Å². The second-order valence-electron chi connectivity index (χ2n) is 3.88. The fraction of sp³-hybridized carbons (Fsp3) is 0.182. The maximum Gasteiger partial charge on any atom is 0.134 e. The molecule has 1 aromatic carbocycles. The van der Waals surface area contributed by atoms with Crippen LogP contribution >= 0.6 is 15.9 Å². The van der Waals surface area contributed by atoms with Crippen LogP contribution in [0.5, 0.6) is 0 Å². The molecule has 1 aromatic heterocycles. The molecule has 19 heavy (non-hydrogen) atoms. The first-order valence-electron chi connectivity index (χ1n) is 5.23. The first-order valence-corrected chi connectivity index (χ1v) is 6.03. The molecule has 2 rings (SSSR count). The Morgan fingerprint density at radius 2 is 1.89 bits per heavy atom. The van der Waals surface area contributed by atoms with E-state index in [2.05, 4.69) is 26.5 Å². The number of aryl methyl sites for hydroxylation is 1. The van der Waals surface area contributed by atoms with Crippen molar-refractivity contribution in [2.24, 2.45) is 12.9 Å². The van der Waals surface area contributed by atoms with Crippen LogP contribution in [0.3, 0.4) is 0 Å². The van der Waals surface area contributed by atoms with E-state index >= 15 is 0 Å². The van der Waals surface area contributed by atoms with E-state index in [-0.39, 0.29) is 5.56 Å². The van der Waals surface area contributed by atoms with Crippen molar-refractivity contribution in [3.63, 3.8) is 0 Å². The van der Waals surface area contributed by atoms with Crippen LogP contribution in [0.25, 0.3) is 0 Å². The van der Waals surface area contributed by atoms with Crippen molar-refractivity contribution in [3.05, 3.63) is 51.5 Å². The molecule has 2 aromatic rings. The average molecular weight is 335 g/mol. The molecule has 0 aliphatic heterocycles. The highest BCUT2D eigenvalue weighted by atomic mass is 79.9. The van der Waals surface area contributed by atoms with E-state index in [1.165, 1.54) is 10.9 Å². The van der Waals surface area contributed by atoms with Crippen LogP contribution in [0.4, 0.5) is 13.2 Å². The maximum absolute atomic E-state index is 13.8. The van der Waals surface area contributed by atoms with E-state index in [1.807, 2.05) is 0 Å². The number of benzene rings is 1. The van der Waals surface area contributed by atoms with E-state index in [9.17, 15) is 13.2 Å². The van der Waals surface area contributed by atoms with E-state index in [0.717, 1.165) is 0 Å². The van der Waals surface area contributed by atoms with Crippen LogP contribution in [0.1, 0.15) is 17.3 Å². The molecule has 0 fully saturated rings. The van der Waals surface area contributed by atoms with Crippen molar-refractivity contribution in [2.45, 2.75) is 6.04 Å². The zero-order valence-corrected chi connectivity index (χ0v) is 11.4. The molecule has 0 aliphatic carbocycles. The molecule has 3 N–H and O–H groups in total. The van der Waals surface area contributed by atoms with Crippen molar-refractivity contribution in [3.8, 4) is 0 Å². The molecule has 0 saturated heterocycles. The van der Waals surface area contributed by atoms with Gasteiger partial charge >= 0.3 is 0 Å². The Morgan fingerprint density at radius 3 is 2.32 bits per heavy atom. The first-order chi connectivity index (χ1) is 8.95. The van der Waals surface area contributed by atoms with Gasteiger partial charge in [0.25, 0.3) is 0 Å². The second kappa shape index (κ2) is 5.32. The van der Waals surface area contributed by atoms with Gasteiger partial charge in [0.15, 0.2) is 0 Å². The van der Waals surface area contributed by atoms with Crippen molar-refractivity contribution in [1.29, 1.82) is 0 Å².